The van der Waals surface area contributed by atoms with Gasteiger partial charge in [0, 0.05) is 17.6 Å². The van der Waals surface area contributed by atoms with Gasteiger partial charge < -0.3 is 10.4 Å². The summed E-state index contributed by atoms with van der Waals surface area (Å²) in [5.74, 6) is -1.89. The molecule has 0 aliphatic heterocycles. The maximum absolute atomic E-state index is 12.4. The van der Waals surface area contributed by atoms with Crippen molar-refractivity contribution in [2.45, 2.75) is 11.8 Å². The number of carbonyl (C=O) groups excluding carboxylic acids is 1. The molecule has 0 spiro atoms. The van der Waals surface area contributed by atoms with Crippen LogP contribution in [0.4, 0.5) is 11.6 Å². The van der Waals surface area contributed by atoms with E-state index in [0.717, 1.165) is 0 Å². The smallest absolute Gasteiger partial charge is 0.336 e. The van der Waals surface area contributed by atoms with Gasteiger partial charge in [0.15, 0.2) is 0 Å². The largest absolute Gasteiger partial charge is 0.478 e. The fraction of sp³-hybridized carbons (Fsp3) is 0.0526. The first-order valence-corrected chi connectivity index (χ1v) is 9.81. The molecule has 3 rings (SSSR count). The lowest BCUT2D eigenvalue weighted by molar-refractivity contribution is 0.0692. The van der Waals surface area contributed by atoms with Crippen molar-refractivity contribution in [3.8, 4) is 0 Å². The maximum atomic E-state index is 12.4. The zero-order chi connectivity index (χ0) is 21.0. The van der Waals surface area contributed by atoms with Gasteiger partial charge in [0.1, 0.15) is 0 Å². The predicted octanol–water partition coefficient (Wildman–Crippen LogP) is 2.54. The monoisotopic (exact) mass is 412 g/mol. The van der Waals surface area contributed by atoms with Gasteiger partial charge >= 0.3 is 5.97 Å². The number of amides is 1. The molecule has 1 heterocycles. The summed E-state index contributed by atoms with van der Waals surface area (Å²) in [5.41, 5.74) is 0.778. The molecule has 0 aliphatic carbocycles. The zero-order valence-electron chi connectivity index (χ0n) is 15.2. The average molecular weight is 412 g/mol. The Bertz CT molecular complexity index is 1180. The molecule has 0 aliphatic rings. The van der Waals surface area contributed by atoms with Gasteiger partial charge in [-0.3, -0.25) is 4.79 Å². The van der Waals surface area contributed by atoms with Gasteiger partial charge in [-0.1, -0.05) is 12.1 Å². The number of hydrogen-bond acceptors (Lipinski definition) is 6. The molecule has 0 atom stereocenters. The lowest BCUT2D eigenvalue weighted by Gasteiger charge is -2.10. The van der Waals surface area contributed by atoms with E-state index >= 15 is 0 Å². The van der Waals surface area contributed by atoms with Gasteiger partial charge in [-0.05, 0) is 49.4 Å². The number of aryl methyl sites for hydroxylation is 1. The number of benzene rings is 2. The molecule has 2 aromatic carbocycles. The van der Waals surface area contributed by atoms with Crippen LogP contribution in [-0.2, 0) is 10.0 Å². The minimum atomic E-state index is -3.91. The van der Waals surface area contributed by atoms with Crippen molar-refractivity contribution >= 4 is 33.5 Å². The number of nitrogens with zero attached hydrogens (tertiary/aromatic N) is 2. The molecule has 0 fully saturated rings. The highest BCUT2D eigenvalue weighted by atomic mass is 32.2. The first-order valence-electron chi connectivity index (χ1n) is 8.32. The molecule has 3 aromatic rings. The first kappa shape index (κ1) is 20.0. The van der Waals surface area contributed by atoms with Gasteiger partial charge in [-0.2, -0.15) is 0 Å². The molecule has 29 heavy (non-hydrogen) atoms. The number of rotatable bonds is 6. The molecule has 0 saturated heterocycles. The van der Waals surface area contributed by atoms with E-state index in [2.05, 4.69) is 20.0 Å². The van der Waals surface area contributed by atoms with Crippen LogP contribution >= 0.6 is 0 Å². The number of nitrogens with one attached hydrogen (secondary N) is 2. The fourth-order valence-electron chi connectivity index (χ4n) is 2.46. The summed E-state index contributed by atoms with van der Waals surface area (Å²) in [5, 5.41) is 11.7. The van der Waals surface area contributed by atoms with E-state index in [-0.39, 0.29) is 22.0 Å². The number of hydrogen-bond donors (Lipinski definition) is 3. The van der Waals surface area contributed by atoms with Gasteiger partial charge in [0.2, 0.25) is 5.95 Å². The Morgan fingerprint density at radius 3 is 2.24 bits per heavy atom. The first-order chi connectivity index (χ1) is 13.8. The van der Waals surface area contributed by atoms with E-state index in [1.54, 1.807) is 19.1 Å². The second-order valence-corrected chi connectivity index (χ2v) is 7.64. The van der Waals surface area contributed by atoms with Crippen LogP contribution in [0.1, 0.15) is 26.4 Å². The van der Waals surface area contributed by atoms with Crippen LogP contribution in [0.5, 0.6) is 0 Å². The van der Waals surface area contributed by atoms with Crippen LogP contribution in [0, 0.1) is 6.92 Å². The number of carboxylic acids is 1. The molecular formula is C19H16N4O5S. The minimum absolute atomic E-state index is 0.00467. The van der Waals surface area contributed by atoms with Crippen molar-refractivity contribution in [2.75, 3.05) is 10.0 Å². The van der Waals surface area contributed by atoms with Crippen molar-refractivity contribution in [3.63, 3.8) is 0 Å². The third-order valence-electron chi connectivity index (χ3n) is 3.85. The fourth-order valence-corrected chi connectivity index (χ4v) is 3.41. The molecule has 0 saturated carbocycles. The highest BCUT2D eigenvalue weighted by molar-refractivity contribution is 7.92. The van der Waals surface area contributed by atoms with E-state index in [0.29, 0.717) is 11.4 Å². The minimum Gasteiger partial charge on any atom is -0.478 e. The Morgan fingerprint density at radius 1 is 0.966 bits per heavy atom. The summed E-state index contributed by atoms with van der Waals surface area (Å²) >= 11 is 0. The molecular weight excluding hydrogens is 396 g/mol. The van der Waals surface area contributed by atoms with Gasteiger partial charge in [-0.15, -0.1) is 0 Å². The van der Waals surface area contributed by atoms with Gasteiger partial charge in [-0.25, -0.2) is 27.9 Å². The third-order valence-corrected chi connectivity index (χ3v) is 5.19. The summed E-state index contributed by atoms with van der Waals surface area (Å²) in [6.07, 6.45) is 1.44. The Labute approximate surface area is 166 Å². The highest BCUT2D eigenvalue weighted by Crippen LogP contribution is 2.18. The van der Waals surface area contributed by atoms with E-state index in [4.69, 9.17) is 0 Å². The summed E-state index contributed by atoms with van der Waals surface area (Å²) in [7, 11) is -3.91. The molecule has 1 amide bonds. The van der Waals surface area contributed by atoms with Crippen LogP contribution in [0.15, 0.2) is 65.7 Å². The number of carboxylic acid groups (broad SMARTS) is 1. The number of carbonyl (C=O) groups is 2. The molecule has 10 heteroatoms. The normalized spacial score (nSPS) is 10.9. The summed E-state index contributed by atoms with van der Waals surface area (Å²) in [6, 6.07) is 12.8. The van der Waals surface area contributed by atoms with Crippen molar-refractivity contribution in [3.05, 3.63) is 77.6 Å². The molecule has 9 nitrogen and oxygen atoms in total. The third kappa shape index (κ3) is 4.74. The number of anilines is 2. The number of sulfonamides is 1. The zero-order valence-corrected chi connectivity index (χ0v) is 16.0. The Hall–Kier alpha value is -3.79. The summed E-state index contributed by atoms with van der Waals surface area (Å²) in [6.45, 7) is 1.71. The lowest BCUT2D eigenvalue weighted by Crippen LogP contribution is -2.17. The molecule has 3 N–H and O–H groups in total. The van der Waals surface area contributed by atoms with E-state index in [9.17, 15) is 23.1 Å². The topological polar surface area (TPSA) is 138 Å². The van der Waals surface area contributed by atoms with Gasteiger partial charge in [0.05, 0.1) is 16.0 Å². The average Bonchev–Trinajstić information content (AvgIpc) is 2.68. The van der Waals surface area contributed by atoms with E-state index in [1.165, 1.54) is 48.7 Å². The highest BCUT2D eigenvalue weighted by Gasteiger charge is 2.18. The van der Waals surface area contributed by atoms with Crippen molar-refractivity contribution in [1.82, 2.24) is 9.97 Å². The quantitative estimate of drug-likeness (QED) is 0.565. The van der Waals surface area contributed by atoms with Crippen molar-refractivity contribution in [2.24, 2.45) is 0 Å². The Morgan fingerprint density at radius 2 is 1.62 bits per heavy atom. The van der Waals surface area contributed by atoms with E-state index < -0.39 is 21.9 Å². The SMILES string of the molecule is Cc1ccnc(NS(=O)(=O)c2ccc(NC(=O)c3ccccc3C(=O)O)cc2)n1. The van der Waals surface area contributed by atoms with Crippen LogP contribution < -0.4 is 10.0 Å². The van der Waals surface area contributed by atoms with Crippen LogP contribution in [0.2, 0.25) is 0 Å². The van der Waals surface area contributed by atoms with Crippen LogP contribution in [-0.4, -0.2) is 35.4 Å². The molecule has 0 bridgehead atoms. The number of aromatic carboxylic acids is 1. The second kappa shape index (κ2) is 8.07. The molecule has 148 valence electrons. The molecule has 1 aromatic heterocycles. The standard InChI is InChI=1S/C19H16N4O5S/c1-12-10-11-20-19(21-12)23-29(27,28)14-8-6-13(7-9-14)22-17(24)15-4-2-3-5-16(15)18(25)26/h2-11H,1H3,(H,22,24)(H,25,26)(H,20,21,23). The molecule has 0 radical (unpaired) electrons. The second-order valence-electron chi connectivity index (χ2n) is 5.96. The van der Waals surface area contributed by atoms with Crippen molar-refractivity contribution < 1.29 is 23.1 Å². The molecule has 0 unspecified atom stereocenters. The van der Waals surface area contributed by atoms with Crippen LogP contribution in [0.25, 0.3) is 0 Å². The van der Waals surface area contributed by atoms with Gasteiger partial charge in [0.25, 0.3) is 15.9 Å². The van der Waals surface area contributed by atoms with Crippen LogP contribution in [0.3, 0.4) is 0 Å². The number of aromatic nitrogens is 2. The van der Waals surface area contributed by atoms with Crippen molar-refractivity contribution in [1.29, 1.82) is 0 Å². The van der Waals surface area contributed by atoms with E-state index in [1.807, 2.05) is 0 Å². The summed E-state index contributed by atoms with van der Waals surface area (Å²) in [4.78, 5) is 31.4. The Balaban J connectivity index is 1.76. The Kier molecular flexibility index (Phi) is 5.55. The lowest BCUT2D eigenvalue weighted by atomic mass is 10.1. The predicted molar refractivity (Wildman–Crippen MR) is 105 cm³/mol. The maximum Gasteiger partial charge on any atom is 0.336 e. The summed E-state index contributed by atoms with van der Waals surface area (Å²) < 4.78 is 27.2.